The summed E-state index contributed by atoms with van der Waals surface area (Å²) in [5.41, 5.74) is 5.16. The lowest BCUT2D eigenvalue weighted by atomic mass is 9.88. The molecule has 0 spiro atoms. The van der Waals surface area contributed by atoms with Crippen molar-refractivity contribution in [1.82, 2.24) is 29.4 Å². The average molecular weight is 495 g/mol. The van der Waals surface area contributed by atoms with Gasteiger partial charge in [0.05, 0.1) is 34.7 Å². The molecule has 8 nitrogen and oxygen atoms in total. The van der Waals surface area contributed by atoms with Crippen molar-refractivity contribution in [3.63, 3.8) is 0 Å². The molecular formula is C27H19ClN6O2. The number of aryl methyl sites for hydroxylation is 1. The highest BCUT2D eigenvalue weighted by Crippen LogP contribution is 2.49. The molecule has 6 aromatic rings. The van der Waals surface area contributed by atoms with E-state index >= 15 is 0 Å². The van der Waals surface area contributed by atoms with Crippen LogP contribution in [0.1, 0.15) is 39.9 Å². The molecule has 9 heteroatoms. The lowest BCUT2D eigenvalue weighted by molar-refractivity contribution is 0.392. The van der Waals surface area contributed by atoms with Crippen molar-refractivity contribution in [1.29, 1.82) is 0 Å². The number of benzene rings is 2. The van der Waals surface area contributed by atoms with Gasteiger partial charge in [0.15, 0.2) is 11.5 Å². The molecule has 1 aliphatic heterocycles. The molecule has 1 aliphatic rings. The maximum absolute atomic E-state index is 6.41. The molecule has 4 aromatic heterocycles. The smallest absolute Gasteiger partial charge is 0.230 e. The highest BCUT2D eigenvalue weighted by molar-refractivity contribution is 6.30. The number of aromatic nitrogens is 6. The minimum absolute atomic E-state index is 0.315. The van der Waals surface area contributed by atoms with Gasteiger partial charge in [-0.15, -0.1) is 5.10 Å². The predicted molar refractivity (Wildman–Crippen MR) is 133 cm³/mol. The van der Waals surface area contributed by atoms with E-state index in [1.165, 1.54) is 0 Å². The monoisotopic (exact) mass is 494 g/mol. The van der Waals surface area contributed by atoms with Crippen LogP contribution in [0.4, 0.5) is 0 Å². The molecule has 0 amide bonds. The van der Waals surface area contributed by atoms with E-state index in [9.17, 15) is 0 Å². The molecular weight excluding hydrogens is 476 g/mol. The van der Waals surface area contributed by atoms with Crippen molar-refractivity contribution in [2.45, 2.75) is 19.3 Å². The minimum atomic E-state index is -0.315. The summed E-state index contributed by atoms with van der Waals surface area (Å²) in [5, 5.41) is 10.2. The number of fused-ring (bicyclic) bond motifs is 4. The molecule has 1 atom stereocenters. The second-order valence-electron chi connectivity index (χ2n) is 8.66. The molecule has 2 aromatic carbocycles. The molecule has 176 valence electrons. The summed E-state index contributed by atoms with van der Waals surface area (Å²) in [6.07, 6.45) is 3.92. The summed E-state index contributed by atoms with van der Waals surface area (Å²) < 4.78 is 15.8. The molecule has 0 saturated carbocycles. The Hall–Kier alpha value is -4.43. The number of halogens is 1. The van der Waals surface area contributed by atoms with Gasteiger partial charge in [0.25, 0.3) is 0 Å². The third kappa shape index (κ3) is 3.30. The van der Waals surface area contributed by atoms with Gasteiger partial charge in [-0.2, -0.15) is 5.10 Å². The third-order valence-electron chi connectivity index (χ3n) is 6.37. The van der Waals surface area contributed by atoms with Gasteiger partial charge in [-0.3, -0.25) is 0 Å². The zero-order chi connectivity index (χ0) is 24.2. The minimum Gasteiger partial charge on any atom is -0.468 e. The standard InChI is InChI=1S/C27H19ClN6O2/c1-16-22-23(20-8-5-13-35-20)24-25-30-21(14-17-6-3-2-4-7-17)32-33(25)15-29-26(24)36-27(22)34(31-16)19-11-9-18(28)10-12-19/h2-13,15,23H,14H2,1H3/t23-/m1/s1. The van der Waals surface area contributed by atoms with Crippen LogP contribution in [0.15, 0.2) is 83.7 Å². The Morgan fingerprint density at radius 1 is 0.944 bits per heavy atom. The molecule has 7 rings (SSSR count). The summed E-state index contributed by atoms with van der Waals surface area (Å²) >= 11 is 6.12. The Labute approximate surface area is 210 Å². The van der Waals surface area contributed by atoms with E-state index in [1.807, 2.05) is 61.5 Å². The Morgan fingerprint density at radius 3 is 2.56 bits per heavy atom. The molecule has 0 aliphatic carbocycles. The first kappa shape index (κ1) is 20.9. The Morgan fingerprint density at radius 2 is 1.78 bits per heavy atom. The number of furan rings is 1. The molecule has 0 unspecified atom stereocenters. The molecule has 0 fully saturated rings. The maximum Gasteiger partial charge on any atom is 0.230 e. The number of hydrogen-bond acceptors (Lipinski definition) is 6. The van der Waals surface area contributed by atoms with Crippen LogP contribution >= 0.6 is 11.6 Å². The third-order valence-corrected chi connectivity index (χ3v) is 6.62. The van der Waals surface area contributed by atoms with E-state index in [0.717, 1.165) is 33.8 Å². The van der Waals surface area contributed by atoms with Crippen LogP contribution in [-0.4, -0.2) is 29.4 Å². The van der Waals surface area contributed by atoms with E-state index in [2.05, 4.69) is 17.1 Å². The fraction of sp³-hybridized carbons (Fsp3) is 0.111. The molecule has 36 heavy (non-hydrogen) atoms. The van der Waals surface area contributed by atoms with Crippen LogP contribution in [0.25, 0.3) is 11.3 Å². The van der Waals surface area contributed by atoms with Gasteiger partial charge >= 0.3 is 0 Å². The highest BCUT2D eigenvalue weighted by Gasteiger charge is 2.39. The highest BCUT2D eigenvalue weighted by atomic mass is 35.5. The number of hydrogen-bond donors (Lipinski definition) is 0. The first-order valence-electron chi connectivity index (χ1n) is 11.5. The molecule has 0 N–H and O–H groups in total. The predicted octanol–water partition coefficient (Wildman–Crippen LogP) is 5.74. The van der Waals surface area contributed by atoms with Crippen molar-refractivity contribution < 1.29 is 9.15 Å². The lowest BCUT2D eigenvalue weighted by Gasteiger charge is -2.24. The van der Waals surface area contributed by atoms with Crippen molar-refractivity contribution in [2.75, 3.05) is 0 Å². The quantitative estimate of drug-likeness (QED) is 0.310. The molecule has 0 saturated heterocycles. The van der Waals surface area contributed by atoms with Gasteiger partial charge < -0.3 is 9.15 Å². The van der Waals surface area contributed by atoms with Gasteiger partial charge in [0.1, 0.15) is 12.1 Å². The van der Waals surface area contributed by atoms with Crippen LogP contribution in [-0.2, 0) is 6.42 Å². The fourth-order valence-corrected chi connectivity index (χ4v) is 4.90. The van der Waals surface area contributed by atoms with Crippen molar-refractivity contribution >= 4 is 17.2 Å². The molecule has 0 radical (unpaired) electrons. The summed E-state index contributed by atoms with van der Waals surface area (Å²) in [5.74, 6) is 2.18. The maximum atomic E-state index is 6.41. The van der Waals surface area contributed by atoms with Crippen molar-refractivity contribution in [3.05, 3.63) is 118 Å². The van der Waals surface area contributed by atoms with E-state index in [-0.39, 0.29) is 5.92 Å². The average Bonchev–Trinajstić information content (AvgIpc) is 3.63. The van der Waals surface area contributed by atoms with Gasteiger partial charge in [0, 0.05) is 11.4 Å². The number of ether oxygens (including phenoxy) is 1. The Balaban J connectivity index is 1.42. The van der Waals surface area contributed by atoms with Crippen LogP contribution < -0.4 is 4.74 Å². The van der Waals surface area contributed by atoms with Gasteiger partial charge in [-0.05, 0) is 48.9 Å². The van der Waals surface area contributed by atoms with Gasteiger partial charge in [-0.1, -0.05) is 41.9 Å². The zero-order valence-corrected chi connectivity index (χ0v) is 19.9. The largest absolute Gasteiger partial charge is 0.468 e. The topological polar surface area (TPSA) is 83.3 Å². The van der Waals surface area contributed by atoms with Crippen LogP contribution in [0.5, 0.6) is 11.8 Å². The SMILES string of the molecule is Cc1nn(-c2ccc(Cl)cc2)c2c1[C@@H](c1ccco1)c1c(ncn3nc(Cc4ccccc4)nc13)O2. The summed E-state index contributed by atoms with van der Waals surface area (Å²) in [6.45, 7) is 1.97. The van der Waals surface area contributed by atoms with Crippen LogP contribution in [0, 0.1) is 6.92 Å². The second kappa shape index (κ2) is 8.07. The number of rotatable bonds is 4. The lowest BCUT2D eigenvalue weighted by Crippen LogP contribution is -2.15. The van der Waals surface area contributed by atoms with Crippen molar-refractivity contribution in [2.24, 2.45) is 0 Å². The van der Waals surface area contributed by atoms with E-state index < -0.39 is 0 Å². The Kier molecular flexibility index (Phi) is 4.68. The summed E-state index contributed by atoms with van der Waals surface area (Å²) in [4.78, 5) is 9.53. The Bertz CT molecular complexity index is 1710. The van der Waals surface area contributed by atoms with E-state index in [0.29, 0.717) is 34.7 Å². The van der Waals surface area contributed by atoms with E-state index in [1.54, 1.807) is 21.8 Å². The van der Waals surface area contributed by atoms with Crippen LogP contribution in [0.2, 0.25) is 5.02 Å². The molecule has 0 bridgehead atoms. The van der Waals surface area contributed by atoms with Gasteiger partial charge in [-0.25, -0.2) is 19.2 Å². The van der Waals surface area contributed by atoms with Gasteiger partial charge in [0.2, 0.25) is 11.8 Å². The first-order valence-corrected chi connectivity index (χ1v) is 11.9. The normalized spacial score (nSPS) is 14.4. The summed E-state index contributed by atoms with van der Waals surface area (Å²) in [7, 11) is 0. The first-order chi connectivity index (χ1) is 17.7. The van der Waals surface area contributed by atoms with Crippen LogP contribution in [0.3, 0.4) is 0 Å². The number of nitrogens with zero attached hydrogens (tertiary/aromatic N) is 6. The van der Waals surface area contributed by atoms with E-state index in [4.69, 9.17) is 35.9 Å². The zero-order valence-electron chi connectivity index (χ0n) is 19.2. The second-order valence-corrected chi connectivity index (χ2v) is 9.10. The molecule has 5 heterocycles. The fourth-order valence-electron chi connectivity index (χ4n) is 4.77. The van der Waals surface area contributed by atoms with Crippen molar-refractivity contribution in [3.8, 4) is 17.4 Å². The summed E-state index contributed by atoms with van der Waals surface area (Å²) in [6, 6.07) is 21.4.